The van der Waals surface area contributed by atoms with Crippen molar-refractivity contribution in [3.63, 3.8) is 0 Å². The van der Waals surface area contributed by atoms with Crippen LogP contribution < -0.4 is 5.32 Å². The predicted octanol–water partition coefficient (Wildman–Crippen LogP) is 2.65. The van der Waals surface area contributed by atoms with Gasteiger partial charge in [0.25, 0.3) is 0 Å². The van der Waals surface area contributed by atoms with Gasteiger partial charge in [-0.05, 0) is 48.8 Å². The van der Waals surface area contributed by atoms with E-state index < -0.39 is 27.6 Å². The van der Waals surface area contributed by atoms with Crippen molar-refractivity contribution in [2.75, 3.05) is 12.0 Å². The SMILES string of the molecule is CC(C)(C)OC(=O)NC(CS(C)(=O)=O)c1ccc(Br)o1. The van der Waals surface area contributed by atoms with E-state index >= 15 is 0 Å². The molecule has 0 aliphatic rings. The van der Waals surface area contributed by atoms with Gasteiger partial charge in [0.15, 0.2) is 4.67 Å². The van der Waals surface area contributed by atoms with Gasteiger partial charge in [0.2, 0.25) is 0 Å². The molecule has 6 nitrogen and oxygen atoms in total. The minimum atomic E-state index is -3.30. The van der Waals surface area contributed by atoms with Gasteiger partial charge < -0.3 is 14.5 Å². The topological polar surface area (TPSA) is 85.6 Å². The van der Waals surface area contributed by atoms with Crippen LogP contribution in [0.2, 0.25) is 0 Å². The Morgan fingerprint density at radius 3 is 2.45 bits per heavy atom. The average Bonchev–Trinajstić information content (AvgIpc) is 2.58. The van der Waals surface area contributed by atoms with E-state index in [1.807, 2.05) is 0 Å². The maximum Gasteiger partial charge on any atom is 0.408 e. The Balaban J connectivity index is 2.87. The second-order valence-corrected chi connectivity index (χ2v) is 8.40. The molecule has 1 amide bonds. The highest BCUT2D eigenvalue weighted by molar-refractivity contribution is 9.10. The molecule has 0 saturated carbocycles. The van der Waals surface area contributed by atoms with E-state index in [4.69, 9.17) is 9.15 Å². The molecule has 1 atom stereocenters. The Bertz CT molecular complexity index is 573. The summed E-state index contributed by atoms with van der Waals surface area (Å²) < 4.78 is 33.8. The third-order valence-corrected chi connectivity index (χ3v) is 3.46. The molecule has 0 aliphatic carbocycles. The maximum atomic E-state index is 11.8. The number of carbonyl (C=O) groups excluding carboxylic acids is 1. The standard InChI is InChI=1S/C12H18BrNO5S/c1-12(2,3)19-11(15)14-8(7-20(4,16)17)9-5-6-10(13)18-9/h5-6,8H,7H2,1-4H3,(H,14,15). The fourth-order valence-electron chi connectivity index (χ4n) is 1.46. The van der Waals surface area contributed by atoms with Crippen molar-refractivity contribution in [3.05, 3.63) is 22.6 Å². The number of nitrogens with one attached hydrogen (secondary N) is 1. The molecule has 20 heavy (non-hydrogen) atoms. The number of hydrogen-bond donors (Lipinski definition) is 1. The summed E-state index contributed by atoms with van der Waals surface area (Å²) in [5.74, 6) is 0.0693. The zero-order chi connectivity index (χ0) is 15.6. The first-order valence-corrected chi connectivity index (χ1v) is 8.74. The normalized spacial score (nSPS) is 13.8. The van der Waals surface area contributed by atoms with Crippen molar-refractivity contribution in [1.82, 2.24) is 5.32 Å². The van der Waals surface area contributed by atoms with Crippen LogP contribution in [-0.4, -0.2) is 32.1 Å². The Labute approximate surface area is 126 Å². The van der Waals surface area contributed by atoms with Crippen LogP contribution in [0.15, 0.2) is 21.2 Å². The molecule has 0 fully saturated rings. The third-order valence-electron chi connectivity index (χ3n) is 2.10. The Hall–Kier alpha value is -1.02. The smallest absolute Gasteiger partial charge is 0.408 e. The molecule has 0 radical (unpaired) electrons. The Kier molecular flexibility index (Phi) is 5.26. The molecule has 8 heteroatoms. The molecular formula is C12H18BrNO5S. The van der Waals surface area contributed by atoms with Gasteiger partial charge in [-0.3, -0.25) is 0 Å². The van der Waals surface area contributed by atoms with Gasteiger partial charge in [-0.1, -0.05) is 0 Å². The molecule has 0 aromatic carbocycles. The lowest BCUT2D eigenvalue weighted by molar-refractivity contribution is 0.0503. The molecule has 0 spiro atoms. The van der Waals surface area contributed by atoms with Gasteiger partial charge in [0.05, 0.1) is 5.75 Å². The lowest BCUT2D eigenvalue weighted by Crippen LogP contribution is -2.37. The molecule has 1 aromatic heterocycles. The summed E-state index contributed by atoms with van der Waals surface area (Å²) >= 11 is 3.14. The van der Waals surface area contributed by atoms with Gasteiger partial charge in [-0.15, -0.1) is 0 Å². The number of furan rings is 1. The fourth-order valence-corrected chi connectivity index (χ4v) is 2.64. The summed E-state index contributed by atoms with van der Waals surface area (Å²) in [6.45, 7) is 5.17. The molecule has 1 heterocycles. The maximum absolute atomic E-state index is 11.8. The number of rotatable bonds is 4. The van der Waals surface area contributed by atoms with Gasteiger partial charge in [-0.2, -0.15) is 0 Å². The van der Waals surface area contributed by atoms with E-state index in [0.29, 0.717) is 10.4 Å². The molecular weight excluding hydrogens is 350 g/mol. The van der Waals surface area contributed by atoms with E-state index in [-0.39, 0.29) is 5.75 Å². The largest absolute Gasteiger partial charge is 0.452 e. The van der Waals surface area contributed by atoms with Crippen LogP contribution in [-0.2, 0) is 14.6 Å². The minimum absolute atomic E-state index is 0.272. The van der Waals surface area contributed by atoms with Gasteiger partial charge in [0, 0.05) is 6.26 Å². The van der Waals surface area contributed by atoms with E-state index in [1.54, 1.807) is 32.9 Å². The lowest BCUT2D eigenvalue weighted by Gasteiger charge is -2.22. The monoisotopic (exact) mass is 367 g/mol. The van der Waals surface area contributed by atoms with E-state index in [1.165, 1.54) is 0 Å². The molecule has 1 unspecified atom stereocenters. The van der Waals surface area contributed by atoms with Crippen LogP contribution in [0.25, 0.3) is 0 Å². The van der Waals surface area contributed by atoms with Crippen molar-refractivity contribution >= 4 is 31.9 Å². The number of carbonyl (C=O) groups is 1. The van der Waals surface area contributed by atoms with Crippen LogP contribution in [0, 0.1) is 0 Å². The van der Waals surface area contributed by atoms with Crippen molar-refractivity contribution in [3.8, 4) is 0 Å². The zero-order valence-electron chi connectivity index (χ0n) is 11.8. The summed E-state index contributed by atoms with van der Waals surface area (Å²) in [7, 11) is -3.30. The van der Waals surface area contributed by atoms with Crippen LogP contribution in [0.3, 0.4) is 0 Å². The Morgan fingerprint density at radius 2 is 2.05 bits per heavy atom. The molecule has 0 bridgehead atoms. The fraction of sp³-hybridized carbons (Fsp3) is 0.583. The number of amides is 1. The van der Waals surface area contributed by atoms with E-state index in [2.05, 4.69) is 21.2 Å². The first kappa shape index (κ1) is 17.0. The summed E-state index contributed by atoms with van der Waals surface area (Å²) in [6, 6.07) is 2.42. The van der Waals surface area contributed by atoms with E-state index in [0.717, 1.165) is 6.26 Å². The van der Waals surface area contributed by atoms with Crippen molar-refractivity contribution in [2.45, 2.75) is 32.4 Å². The molecule has 1 aromatic rings. The zero-order valence-corrected chi connectivity index (χ0v) is 14.2. The quantitative estimate of drug-likeness (QED) is 0.883. The minimum Gasteiger partial charge on any atom is -0.452 e. The summed E-state index contributed by atoms with van der Waals surface area (Å²) in [4.78, 5) is 11.8. The average molecular weight is 368 g/mol. The van der Waals surface area contributed by atoms with Crippen molar-refractivity contribution in [2.24, 2.45) is 0 Å². The predicted molar refractivity (Wildman–Crippen MR) is 78.2 cm³/mol. The summed E-state index contributed by atoms with van der Waals surface area (Å²) in [6.07, 6.45) is 0.396. The summed E-state index contributed by atoms with van der Waals surface area (Å²) in [5, 5.41) is 2.50. The molecule has 0 saturated heterocycles. The van der Waals surface area contributed by atoms with E-state index in [9.17, 15) is 13.2 Å². The molecule has 1 N–H and O–H groups in total. The first-order chi connectivity index (χ1) is 8.96. The Morgan fingerprint density at radius 1 is 1.45 bits per heavy atom. The van der Waals surface area contributed by atoms with Crippen LogP contribution in [0.1, 0.15) is 32.6 Å². The molecule has 114 valence electrons. The summed E-state index contributed by atoms with van der Waals surface area (Å²) in [5.41, 5.74) is -0.663. The number of alkyl carbamates (subject to hydrolysis) is 1. The van der Waals surface area contributed by atoms with Crippen LogP contribution >= 0.6 is 15.9 Å². The first-order valence-electron chi connectivity index (χ1n) is 5.89. The third kappa shape index (κ3) is 6.42. The number of ether oxygens (including phenoxy) is 1. The highest BCUT2D eigenvalue weighted by Gasteiger charge is 2.25. The van der Waals surface area contributed by atoms with Crippen molar-refractivity contribution < 1.29 is 22.4 Å². The van der Waals surface area contributed by atoms with Crippen molar-refractivity contribution in [1.29, 1.82) is 0 Å². The lowest BCUT2D eigenvalue weighted by atomic mass is 10.2. The van der Waals surface area contributed by atoms with Gasteiger partial charge in [0.1, 0.15) is 27.2 Å². The van der Waals surface area contributed by atoms with Crippen LogP contribution in [0.5, 0.6) is 0 Å². The molecule has 0 aliphatic heterocycles. The highest BCUT2D eigenvalue weighted by atomic mass is 79.9. The van der Waals surface area contributed by atoms with Crippen LogP contribution in [0.4, 0.5) is 4.79 Å². The second-order valence-electron chi connectivity index (χ2n) is 5.43. The number of sulfone groups is 1. The van der Waals surface area contributed by atoms with Gasteiger partial charge >= 0.3 is 6.09 Å². The number of hydrogen-bond acceptors (Lipinski definition) is 5. The second kappa shape index (κ2) is 6.17. The molecule has 1 rings (SSSR count). The van der Waals surface area contributed by atoms with Gasteiger partial charge in [-0.25, -0.2) is 13.2 Å². The highest BCUT2D eigenvalue weighted by Crippen LogP contribution is 2.22. The number of halogens is 1.